The number of hydrogen-bond acceptors (Lipinski definition) is 3. The molecule has 0 aromatic carbocycles. The van der Waals surface area contributed by atoms with E-state index in [1.807, 2.05) is 36.6 Å². The van der Waals surface area contributed by atoms with Gasteiger partial charge in [-0.05, 0) is 18.1 Å². The van der Waals surface area contributed by atoms with Crippen LogP contribution < -0.4 is 4.72 Å². The molecule has 0 aliphatic rings. The Morgan fingerprint density at radius 3 is 2.55 bits per heavy atom. The Bertz CT molecular complexity index is 717. The lowest BCUT2D eigenvalue weighted by molar-refractivity contribution is 0.581. The third-order valence-electron chi connectivity index (χ3n) is 3.21. The second-order valence-corrected chi connectivity index (χ2v) is 6.76. The topological polar surface area (TPSA) is 63.5 Å². The standard InChI is InChI=1S/C14H21N3O2S/c1-5-11-7-8-12-14(20(18,19)15-6-2)16-13(10(3)4)17(12)9-11/h7-10,15H,5-6H2,1-4H3. The maximum Gasteiger partial charge on any atom is 0.260 e. The summed E-state index contributed by atoms with van der Waals surface area (Å²) in [5.41, 5.74) is 1.79. The van der Waals surface area contributed by atoms with Crippen molar-refractivity contribution in [3.05, 3.63) is 29.7 Å². The number of sulfonamides is 1. The largest absolute Gasteiger partial charge is 0.302 e. The van der Waals surface area contributed by atoms with E-state index in [9.17, 15) is 8.42 Å². The Labute approximate surface area is 120 Å². The number of nitrogens with zero attached hydrogens (tertiary/aromatic N) is 2. The van der Waals surface area contributed by atoms with Crippen LogP contribution in [0.3, 0.4) is 0 Å². The monoisotopic (exact) mass is 295 g/mol. The first-order valence-corrected chi connectivity index (χ1v) is 8.39. The molecule has 2 heterocycles. The zero-order valence-corrected chi connectivity index (χ0v) is 13.2. The van der Waals surface area contributed by atoms with Crippen molar-refractivity contribution in [3.8, 4) is 0 Å². The molecule has 0 bridgehead atoms. The summed E-state index contributed by atoms with van der Waals surface area (Å²) in [5, 5.41) is 0.116. The minimum atomic E-state index is -3.55. The van der Waals surface area contributed by atoms with Gasteiger partial charge in [0.05, 0.1) is 5.52 Å². The third kappa shape index (κ3) is 2.58. The van der Waals surface area contributed by atoms with Crippen LogP contribution in [0.25, 0.3) is 5.52 Å². The highest BCUT2D eigenvalue weighted by Crippen LogP contribution is 2.23. The molecule has 0 saturated carbocycles. The van der Waals surface area contributed by atoms with Crippen molar-refractivity contribution >= 4 is 15.5 Å². The maximum absolute atomic E-state index is 12.2. The lowest BCUT2D eigenvalue weighted by Crippen LogP contribution is -2.23. The van der Waals surface area contributed by atoms with Crippen molar-refractivity contribution in [1.29, 1.82) is 0 Å². The van der Waals surface area contributed by atoms with E-state index in [-0.39, 0.29) is 10.9 Å². The summed E-state index contributed by atoms with van der Waals surface area (Å²) >= 11 is 0. The van der Waals surface area contributed by atoms with Gasteiger partial charge in [-0.25, -0.2) is 18.1 Å². The summed E-state index contributed by atoms with van der Waals surface area (Å²) in [4.78, 5) is 4.37. The molecule has 0 fully saturated rings. The fourth-order valence-corrected chi connectivity index (χ4v) is 3.37. The number of aryl methyl sites for hydroxylation is 1. The van der Waals surface area contributed by atoms with Crippen molar-refractivity contribution in [2.45, 2.75) is 45.1 Å². The predicted molar refractivity (Wildman–Crippen MR) is 79.5 cm³/mol. The number of hydrogen-bond donors (Lipinski definition) is 1. The van der Waals surface area contributed by atoms with E-state index < -0.39 is 10.0 Å². The summed E-state index contributed by atoms with van der Waals surface area (Å²) in [6, 6.07) is 3.79. The number of rotatable bonds is 5. The summed E-state index contributed by atoms with van der Waals surface area (Å²) < 4.78 is 28.9. The molecule has 2 aromatic heterocycles. The van der Waals surface area contributed by atoms with Gasteiger partial charge in [0, 0.05) is 18.7 Å². The van der Waals surface area contributed by atoms with Gasteiger partial charge in [-0.2, -0.15) is 0 Å². The quantitative estimate of drug-likeness (QED) is 0.920. The average molecular weight is 295 g/mol. The van der Waals surface area contributed by atoms with Crippen molar-refractivity contribution in [2.75, 3.05) is 6.54 Å². The molecule has 1 N–H and O–H groups in total. The van der Waals surface area contributed by atoms with Crippen molar-refractivity contribution in [3.63, 3.8) is 0 Å². The van der Waals surface area contributed by atoms with Crippen LogP contribution in [-0.2, 0) is 16.4 Å². The van der Waals surface area contributed by atoms with E-state index in [0.717, 1.165) is 17.8 Å². The molecule has 0 amide bonds. The molecular weight excluding hydrogens is 274 g/mol. The van der Waals surface area contributed by atoms with Crippen molar-refractivity contribution < 1.29 is 8.42 Å². The molecule has 6 heteroatoms. The first kappa shape index (κ1) is 15.0. The van der Waals surface area contributed by atoms with Gasteiger partial charge in [0.15, 0.2) is 5.03 Å². The van der Waals surface area contributed by atoms with Crippen molar-refractivity contribution in [2.24, 2.45) is 0 Å². The fraction of sp³-hybridized carbons (Fsp3) is 0.500. The van der Waals surface area contributed by atoms with Gasteiger partial charge in [0.2, 0.25) is 0 Å². The van der Waals surface area contributed by atoms with Crippen LogP contribution in [0.15, 0.2) is 23.4 Å². The molecule has 0 spiro atoms. The van der Waals surface area contributed by atoms with Crippen LogP contribution in [0.4, 0.5) is 0 Å². The molecule has 0 unspecified atom stereocenters. The molecule has 0 aliphatic heterocycles. The summed E-state index contributed by atoms with van der Waals surface area (Å²) in [7, 11) is -3.55. The van der Waals surface area contributed by atoms with Gasteiger partial charge < -0.3 is 4.40 Å². The molecule has 0 saturated heterocycles. The molecule has 2 aromatic rings. The zero-order valence-electron chi connectivity index (χ0n) is 12.3. The van der Waals surface area contributed by atoms with E-state index >= 15 is 0 Å². The number of pyridine rings is 1. The highest BCUT2D eigenvalue weighted by atomic mass is 32.2. The normalized spacial score (nSPS) is 12.4. The van der Waals surface area contributed by atoms with Gasteiger partial charge in [-0.15, -0.1) is 0 Å². The zero-order chi connectivity index (χ0) is 14.9. The number of fused-ring (bicyclic) bond motifs is 1. The number of imidazole rings is 1. The smallest absolute Gasteiger partial charge is 0.260 e. The molecule has 110 valence electrons. The highest BCUT2D eigenvalue weighted by molar-refractivity contribution is 7.89. The Balaban J connectivity index is 2.75. The second-order valence-electron chi connectivity index (χ2n) is 5.08. The van der Waals surface area contributed by atoms with Crippen molar-refractivity contribution in [1.82, 2.24) is 14.1 Å². The second kappa shape index (κ2) is 5.54. The maximum atomic E-state index is 12.2. The molecule has 2 rings (SSSR count). The van der Waals surface area contributed by atoms with Gasteiger partial charge >= 0.3 is 0 Å². The van der Waals surface area contributed by atoms with Crippen LogP contribution >= 0.6 is 0 Å². The summed E-state index contributed by atoms with van der Waals surface area (Å²) in [6.45, 7) is 8.21. The fourth-order valence-electron chi connectivity index (χ4n) is 2.20. The van der Waals surface area contributed by atoms with Gasteiger partial charge in [0.1, 0.15) is 5.82 Å². The van der Waals surface area contributed by atoms with E-state index in [1.165, 1.54) is 0 Å². The minimum Gasteiger partial charge on any atom is -0.302 e. The Hall–Kier alpha value is -1.40. The van der Waals surface area contributed by atoms with Gasteiger partial charge in [0.25, 0.3) is 10.0 Å². The van der Waals surface area contributed by atoms with Gasteiger partial charge in [-0.3, -0.25) is 0 Å². The molecule has 20 heavy (non-hydrogen) atoms. The van der Waals surface area contributed by atoms with Crippen LogP contribution in [-0.4, -0.2) is 24.3 Å². The number of nitrogens with one attached hydrogen (secondary N) is 1. The predicted octanol–water partition coefficient (Wildman–Crippen LogP) is 2.32. The van der Waals surface area contributed by atoms with Gasteiger partial charge in [-0.1, -0.05) is 33.8 Å². The minimum absolute atomic E-state index is 0.116. The molecule has 5 nitrogen and oxygen atoms in total. The first-order chi connectivity index (χ1) is 9.40. The average Bonchev–Trinajstić information content (AvgIpc) is 2.77. The Kier molecular flexibility index (Phi) is 4.15. The summed E-state index contributed by atoms with van der Waals surface area (Å²) in [6.07, 6.45) is 2.88. The lowest BCUT2D eigenvalue weighted by atomic mass is 10.2. The van der Waals surface area contributed by atoms with E-state index in [4.69, 9.17) is 0 Å². The van der Waals surface area contributed by atoms with E-state index in [1.54, 1.807) is 6.92 Å². The van der Waals surface area contributed by atoms with Crippen LogP contribution in [0.1, 0.15) is 45.0 Å². The molecule has 0 aliphatic carbocycles. The van der Waals surface area contributed by atoms with Crippen LogP contribution in [0, 0.1) is 0 Å². The lowest BCUT2D eigenvalue weighted by Gasteiger charge is -2.05. The first-order valence-electron chi connectivity index (χ1n) is 6.91. The Morgan fingerprint density at radius 2 is 2.00 bits per heavy atom. The van der Waals surface area contributed by atoms with E-state index in [2.05, 4.69) is 16.6 Å². The molecule has 0 atom stereocenters. The van der Waals surface area contributed by atoms with Crippen LogP contribution in [0.2, 0.25) is 0 Å². The Morgan fingerprint density at radius 1 is 1.30 bits per heavy atom. The third-order valence-corrected chi connectivity index (χ3v) is 4.68. The molecular formula is C14H21N3O2S. The SMILES string of the molecule is CCNS(=O)(=O)c1nc(C(C)C)n2cc(CC)ccc12. The van der Waals surface area contributed by atoms with E-state index in [0.29, 0.717) is 12.1 Å². The molecule has 0 radical (unpaired) electrons. The van der Waals surface area contributed by atoms with Crippen LogP contribution in [0.5, 0.6) is 0 Å². The number of aromatic nitrogens is 2. The highest BCUT2D eigenvalue weighted by Gasteiger charge is 2.23. The summed E-state index contributed by atoms with van der Waals surface area (Å²) in [5.74, 6) is 0.923.